The van der Waals surface area contributed by atoms with Crippen LogP contribution in [0.4, 0.5) is 5.69 Å². The number of hydrogen-bond acceptors (Lipinski definition) is 7. The molecule has 314 valence electrons. The number of nitrogens with zero attached hydrogens (tertiary/aromatic N) is 1. The Labute approximate surface area is 357 Å². The normalized spacial score (nSPS) is 23.8. The van der Waals surface area contributed by atoms with Crippen LogP contribution in [0, 0.1) is 11.8 Å². The number of sulfonamides is 1. The number of ether oxygens (including phenoxy) is 1. The number of rotatable bonds is 6. The first-order valence-corrected chi connectivity index (χ1v) is 25.1. The molecule has 1 aliphatic carbocycles. The predicted molar refractivity (Wildman–Crippen MR) is 241 cm³/mol. The highest BCUT2D eigenvalue weighted by Gasteiger charge is 2.51. The van der Waals surface area contributed by atoms with Crippen molar-refractivity contribution in [2.45, 2.75) is 108 Å². The molecule has 0 radical (unpaired) electrons. The van der Waals surface area contributed by atoms with Gasteiger partial charge in [0.1, 0.15) is 12.4 Å². The van der Waals surface area contributed by atoms with Crippen molar-refractivity contribution < 1.29 is 27.5 Å². The molecule has 4 aromatic carbocycles. The number of anilines is 1. The fourth-order valence-electron chi connectivity index (χ4n) is 9.38. The van der Waals surface area contributed by atoms with E-state index in [1.165, 1.54) is 0 Å². The maximum atomic E-state index is 14.5. The number of nitrogens with one attached hydrogen (secondary N) is 1. The average molecular weight is 856 g/mol. The number of carbonyl (C=O) groups excluding carboxylic acids is 1. The molecule has 5 atom stereocenters. The first-order chi connectivity index (χ1) is 28.2. The Morgan fingerprint density at radius 1 is 0.932 bits per heavy atom. The van der Waals surface area contributed by atoms with Gasteiger partial charge < -0.3 is 19.2 Å². The summed E-state index contributed by atoms with van der Waals surface area (Å²) in [6.45, 7) is 10.3. The number of halogens is 1. The van der Waals surface area contributed by atoms with Crippen LogP contribution in [-0.4, -0.2) is 58.3 Å². The molecular weight excluding hydrogens is 796 g/mol. The molecule has 1 amide bonds. The van der Waals surface area contributed by atoms with Gasteiger partial charge >= 0.3 is 0 Å². The Balaban J connectivity index is 1.22. The van der Waals surface area contributed by atoms with Gasteiger partial charge in [0, 0.05) is 29.8 Å². The molecule has 2 aliphatic heterocycles. The van der Waals surface area contributed by atoms with Gasteiger partial charge in [-0.2, -0.15) is 0 Å². The van der Waals surface area contributed by atoms with Crippen LogP contribution in [0.15, 0.2) is 109 Å². The number of aryl methyl sites for hydroxylation is 1. The number of aliphatic hydroxyl groups excluding tert-OH is 1. The Morgan fingerprint density at radius 2 is 1.64 bits per heavy atom. The molecule has 7 rings (SSSR count). The summed E-state index contributed by atoms with van der Waals surface area (Å²) >= 11 is 6.39. The molecule has 8 nitrogen and oxygen atoms in total. The second-order valence-electron chi connectivity index (χ2n) is 17.7. The third-order valence-corrected chi connectivity index (χ3v) is 19.8. The lowest BCUT2D eigenvalue weighted by Crippen LogP contribution is -2.67. The lowest BCUT2D eigenvalue weighted by Gasteiger charge is -2.45. The third kappa shape index (κ3) is 9.68. The molecule has 0 unspecified atom stereocenters. The van der Waals surface area contributed by atoms with Crippen molar-refractivity contribution in [2.75, 3.05) is 18.0 Å². The van der Waals surface area contributed by atoms with E-state index in [1.54, 1.807) is 18.2 Å². The molecule has 1 saturated carbocycles. The van der Waals surface area contributed by atoms with Crippen LogP contribution in [0.25, 0.3) is 0 Å². The Morgan fingerprint density at radius 3 is 2.31 bits per heavy atom. The first kappa shape index (κ1) is 43.2. The van der Waals surface area contributed by atoms with Crippen LogP contribution in [0.1, 0.15) is 94.1 Å². The van der Waals surface area contributed by atoms with E-state index in [2.05, 4.69) is 54.7 Å². The van der Waals surface area contributed by atoms with E-state index in [4.69, 9.17) is 20.8 Å². The topological polar surface area (TPSA) is 105 Å². The van der Waals surface area contributed by atoms with Crippen LogP contribution >= 0.6 is 11.6 Å². The number of carbonyl (C=O) groups is 1. The minimum Gasteiger partial charge on any atom is -0.487 e. The van der Waals surface area contributed by atoms with Crippen molar-refractivity contribution in [1.82, 2.24) is 4.72 Å². The van der Waals surface area contributed by atoms with Gasteiger partial charge in [0.25, 0.3) is 14.2 Å². The van der Waals surface area contributed by atoms with Gasteiger partial charge in [0.05, 0.1) is 17.0 Å². The molecule has 0 saturated heterocycles. The third-order valence-electron chi connectivity index (χ3n) is 12.7. The van der Waals surface area contributed by atoms with E-state index in [1.807, 2.05) is 73.7 Å². The van der Waals surface area contributed by atoms with Crippen molar-refractivity contribution in [3.63, 3.8) is 0 Å². The molecule has 2 N–H and O–H groups in total. The zero-order valence-electron chi connectivity index (χ0n) is 34.8. The predicted octanol–water partition coefficient (Wildman–Crippen LogP) is 8.58. The number of fused-ring (bicyclic) bond motifs is 3. The molecule has 2 bridgehead atoms. The minimum absolute atomic E-state index is 0.0824. The highest BCUT2D eigenvalue weighted by Crippen LogP contribution is 2.42. The average Bonchev–Trinajstić information content (AvgIpc) is 3.22. The van der Waals surface area contributed by atoms with Crippen LogP contribution in [-0.2, 0) is 27.5 Å². The van der Waals surface area contributed by atoms with Crippen molar-refractivity contribution in [3.8, 4) is 5.75 Å². The summed E-state index contributed by atoms with van der Waals surface area (Å²) < 4.78 is 45.3. The summed E-state index contributed by atoms with van der Waals surface area (Å²) in [7, 11) is -7.20. The zero-order valence-corrected chi connectivity index (χ0v) is 37.4. The fourth-order valence-corrected chi connectivity index (χ4v) is 15.8. The van der Waals surface area contributed by atoms with Crippen LogP contribution < -0.4 is 24.7 Å². The van der Waals surface area contributed by atoms with Crippen LogP contribution in [0.5, 0.6) is 5.75 Å². The maximum Gasteiger partial charge on any atom is 0.264 e. The van der Waals surface area contributed by atoms with Crippen molar-refractivity contribution >= 4 is 51.9 Å². The number of hydrogen-bond donors (Lipinski definition) is 2. The summed E-state index contributed by atoms with van der Waals surface area (Å²) in [6, 6.07) is 31.7. The molecule has 4 aromatic rings. The number of benzene rings is 4. The summed E-state index contributed by atoms with van der Waals surface area (Å²) in [6.07, 6.45) is 8.11. The molecule has 1 fully saturated rings. The highest BCUT2D eigenvalue weighted by molar-refractivity contribution is 7.90. The van der Waals surface area contributed by atoms with E-state index in [-0.39, 0.29) is 35.3 Å². The van der Waals surface area contributed by atoms with Crippen molar-refractivity contribution in [1.29, 1.82) is 0 Å². The quantitative estimate of drug-likeness (QED) is 0.148. The fraction of sp³-hybridized carbons (Fsp3) is 0.438. The smallest absolute Gasteiger partial charge is 0.264 e. The second kappa shape index (κ2) is 18.4. The van der Waals surface area contributed by atoms with Crippen LogP contribution in [0.2, 0.25) is 10.1 Å². The van der Waals surface area contributed by atoms with Gasteiger partial charge in [-0.15, -0.1) is 0 Å². The standard InChI is InChI=1S/C48H59ClN2O6SSi/c1-34(57-59(48(2,3)4,41-17-7-5-8-18-41)42-19-9-6-10-20-42)29-40-16-11-12-21-45(52)43-26-23-37(43)32-51-28-14-13-15-35-30-39(49)25-22-38(35)33-56-46-27-24-36(31-44(46)51)47(53)50-58(40,54)55/h5-10,12,17-22,24-25,27,30-31,34,37,40,43,45,52H,11,13-16,23,26,28-29,32-33H2,1-4H3,(H,50,53)/b21-12-/t34-,37+,40-,43-,45+/m1/s1. The van der Waals surface area contributed by atoms with Crippen molar-refractivity contribution in [2.24, 2.45) is 11.8 Å². The second-order valence-corrected chi connectivity index (χ2v) is 24.4. The van der Waals surface area contributed by atoms with Gasteiger partial charge in [0.15, 0.2) is 0 Å². The molecule has 0 spiro atoms. The zero-order chi connectivity index (χ0) is 41.8. The summed E-state index contributed by atoms with van der Waals surface area (Å²) in [5.74, 6) is 0.282. The number of allylic oxidation sites excluding steroid dienone is 1. The van der Waals surface area contributed by atoms with Crippen LogP contribution in [0.3, 0.4) is 0 Å². The van der Waals surface area contributed by atoms with Gasteiger partial charge in [-0.1, -0.05) is 111 Å². The van der Waals surface area contributed by atoms with Gasteiger partial charge in [-0.05, 0) is 127 Å². The molecule has 11 heteroatoms. The van der Waals surface area contributed by atoms with E-state index in [9.17, 15) is 18.3 Å². The minimum atomic E-state index is -4.20. The van der Waals surface area contributed by atoms with Gasteiger partial charge in [-0.25, -0.2) is 13.1 Å². The van der Waals surface area contributed by atoms with E-state index < -0.39 is 41.7 Å². The largest absolute Gasteiger partial charge is 0.487 e. The lowest BCUT2D eigenvalue weighted by atomic mass is 9.70. The maximum absolute atomic E-state index is 14.5. The first-order valence-electron chi connectivity index (χ1n) is 21.2. The van der Waals surface area contributed by atoms with Gasteiger partial charge in [-0.3, -0.25) is 4.79 Å². The Bertz CT molecular complexity index is 2170. The highest BCUT2D eigenvalue weighted by atomic mass is 35.5. The molecular formula is C48H59ClN2O6SSi. The van der Waals surface area contributed by atoms with E-state index in [0.29, 0.717) is 30.3 Å². The molecule has 59 heavy (non-hydrogen) atoms. The molecule has 0 aromatic heterocycles. The Hall–Kier alpha value is -3.93. The lowest BCUT2D eigenvalue weighted by molar-refractivity contribution is 0.0461. The monoisotopic (exact) mass is 854 g/mol. The summed E-state index contributed by atoms with van der Waals surface area (Å²) in [5.41, 5.74) is 3.22. The SMILES string of the molecule is C[C@H](C[C@H]1CC/C=C\[C@H](O)[C@@H]2CC[C@H]2CN2CCCCc3cc(Cl)ccc3COc3ccc(cc32)C(=O)NS1(=O)=O)O[Si](c1ccccc1)(c1ccccc1)C(C)(C)C. The molecule has 2 heterocycles. The number of amides is 1. The van der Waals surface area contributed by atoms with E-state index >= 15 is 0 Å². The van der Waals surface area contributed by atoms with E-state index in [0.717, 1.165) is 65.8 Å². The van der Waals surface area contributed by atoms with Gasteiger partial charge in [0.2, 0.25) is 10.0 Å². The summed E-state index contributed by atoms with van der Waals surface area (Å²) in [5, 5.41) is 13.1. The van der Waals surface area contributed by atoms with Crippen molar-refractivity contribution in [3.05, 3.63) is 131 Å². The summed E-state index contributed by atoms with van der Waals surface area (Å²) in [4.78, 5) is 16.4. The Kier molecular flexibility index (Phi) is 13.4. The number of aliphatic hydroxyl groups is 1. The molecule has 3 aliphatic rings.